The number of amides is 1. The van der Waals surface area contributed by atoms with Gasteiger partial charge in [0, 0.05) is 12.0 Å². The molecule has 0 radical (unpaired) electrons. The van der Waals surface area contributed by atoms with Crippen LogP contribution in [0.25, 0.3) is 0 Å². The maximum atomic E-state index is 12.5. The molecule has 0 aliphatic heterocycles. The van der Waals surface area contributed by atoms with E-state index in [0.29, 0.717) is 11.1 Å². The van der Waals surface area contributed by atoms with Crippen molar-refractivity contribution in [2.45, 2.75) is 32.2 Å². The number of esters is 1. The molecule has 0 aliphatic rings. The summed E-state index contributed by atoms with van der Waals surface area (Å²) < 4.78 is 4.98. The monoisotopic (exact) mass is 413 g/mol. The summed E-state index contributed by atoms with van der Waals surface area (Å²) in [7, 11) is 0. The highest BCUT2D eigenvalue weighted by Crippen LogP contribution is 2.23. The number of rotatable bonds is 10. The molecule has 158 valence electrons. The lowest BCUT2D eigenvalue weighted by Gasteiger charge is -2.19. The number of benzene rings is 2. The predicted molar refractivity (Wildman–Crippen MR) is 107 cm³/mol. The van der Waals surface area contributed by atoms with Gasteiger partial charge >= 0.3 is 17.9 Å². The number of carbonyl (C=O) groups excluding carboxylic acids is 2. The molecule has 30 heavy (non-hydrogen) atoms. The number of aryl methyl sites for hydroxylation is 1. The van der Waals surface area contributed by atoms with Crippen molar-refractivity contribution in [2.75, 3.05) is 6.61 Å². The zero-order valence-corrected chi connectivity index (χ0v) is 16.5. The molecule has 2 aromatic rings. The standard InChI is InChI=1S/C22H23NO7/c1-2-30-22(29)16-11-12-17(15(13-16)9-6-10-18(24)25)19(21(27)28)23-20(26)14-7-4-3-5-8-14/h3-5,7-8,11-13,19H,2,6,9-10H2,1H3,(H,23,26)(H,24,25)(H,27,28). The lowest BCUT2D eigenvalue weighted by molar-refractivity contribution is -0.139. The van der Waals surface area contributed by atoms with E-state index in [-0.39, 0.29) is 37.0 Å². The molecule has 0 heterocycles. The first-order chi connectivity index (χ1) is 14.3. The van der Waals surface area contributed by atoms with E-state index in [9.17, 15) is 24.3 Å². The molecule has 8 nitrogen and oxygen atoms in total. The van der Waals surface area contributed by atoms with Gasteiger partial charge in [0.25, 0.3) is 5.91 Å². The molecule has 2 aromatic carbocycles. The third kappa shape index (κ3) is 6.16. The lowest BCUT2D eigenvalue weighted by Crippen LogP contribution is -2.34. The van der Waals surface area contributed by atoms with Gasteiger partial charge in [-0.2, -0.15) is 0 Å². The molecule has 0 aliphatic carbocycles. The van der Waals surface area contributed by atoms with E-state index in [1.807, 2.05) is 0 Å². The first-order valence-electron chi connectivity index (χ1n) is 9.44. The maximum absolute atomic E-state index is 12.5. The first kappa shape index (κ1) is 22.6. The molecular formula is C22H23NO7. The van der Waals surface area contributed by atoms with Crippen molar-refractivity contribution in [3.8, 4) is 0 Å². The van der Waals surface area contributed by atoms with Crippen LogP contribution in [0.3, 0.4) is 0 Å². The van der Waals surface area contributed by atoms with Crippen molar-refractivity contribution in [2.24, 2.45) is 0 Å². The number of aliphatic carboxylic acids is 2. The van der Waals surface area contributed by atoms with Crippen LogP contribution in [0.15, 0.2) is 48.5 Å². The molecule has 0 saturated heterocycles. The van der Waals surface area contributed by atoms with Crippen LogP contribution in [0.5, 0.6) is 0 Å². The Hall–Kier alpha value is -3.68. The van der Waals surface area contributed by atoms with Crippen LogP contribution in [0, 0.1) is 0 Å². The van der Waals surface area contributed by atoms with E-state index in [1.165, 1.54) is 18.2 Å². The number of carboxylic acids is 2. The predicted octanol–water partition coefficient (Wildman–Crippen LogP) is 2.83. The van der Waals surface area contributed by atoms with Crippen molar-refractivity contribution in [1.82, 2.24) is 5.32 Å². The average molecular weight is 413 g/mol. The minimum absolute atomic E-state index is 0.114. The summed E-state index contributed by atoms with van der Waals surface area (Å²) in [6.45, 7) is 1.85. The van der Waals surface area contributed by atoms with Crippen molar-refractivity contribution in [1.29, 1.82) is 0 Å². The largest absolute Gasteiger partial charge is 0.481 e. The Kier molecular flexibility index (Phi) is 8.10. The van der Waals surface area contributed by atoms with Crippen LogP contribution in [0.2, 0.25) is 0 Å². The van der Waals surface area contributed by atoms with Gasteiger partial charge in [0.2, 0.25) is 0 Å². The number of carbonyl (C=O) groups is 4. The van der Waals surface area contributed by atoms with Gasteiger partial charge in [0.15, 0.2) is 6.04 Å². The van der Waals surface area contributed by atoms with Gasteiger partial charge in [0.05, 0.1) is 12.2 Å². The minimum atomic E-state index is -1.37. The molecule has 2 rings (SSSR count). The quantitative estimate of drug-likeness (QED) is 0.511. The molecule has 0 spiro atoms. The number of ether oxygens (including phenoxy) is 1. The summed E-state index contributed by atoms with van der Waals surface area (Å²) in [6.07, 6.45) is 0.352. The summed E-state index contributed by atoms with van der Waals surface area (Å²) in [5.41, 5.74) is 1.27. The molecule has 1 unspecified atom stereocenters. The fourth-order valence-corrected chi connectivity index (χ4v) is 2.95. The zero-order valence-electron chi connectivity index (χ0n) is 16.5. The molecule has 8 heteroatoms. The second-order valence-corrected chi connectivity index (χ2v) is 6.49. The van der Waals surface area contributed by atoms with Crippen molar-refractivity contribution in [3.05, 3.63) is 70.8 Å². The third-order valence-corrected chi connectivity index (χ3v) is 4.36. The molecule has 1 atom stereocenters. The van der Waals surface area contributed by atoms with E-state index in [2.05, 4.69) is 5.32 Å². The van der Waals surface area contributed by atoms with Gasteiger partial charge in [-0.1, -0.05) is 24.3 Å². The van der Waals surface area contributed by atoms with Gasteiger partial charge in [-0.3, -0.25) is 9.59 Å². The van der Waals surface area contributed by atoms with Crippen LogP contribution in [-0.4, -0.2) is 40.6 Å². The van der Waals surface area contributed by atoms with E-state index in [4.69, 9.17) is 9.84 Å². The highest BCUT2D eigenvalue weighted by atomic mass is 16.5. The highest BCUT2D eigenvalue weighted by molar-refractivity contribution is 5.97. The highest BCUT2D eigenvalue weighted by Gasteiger charge is 2.26. The summed E-state index contributed by atoms with van der Waals surface area (Å²) in [6, 6.07) is 11.2. The van der Waals surface area contributed by atoms with Gasteiger partial charge in [-0.05, 0) is 55.2 Å². The Bertz CT molecular complexity index is 924. The summed E-state index contributed by atoms with van der Waals surface area (Å²) in [5.74, 6) is -3.38. The molecule has 3 N–H and O–H groups in total. The number of hydrogen-bond acceptors (Lipinski definition) is 5. The fourth-order valence-electron chi connectivity index (χ4n) is 2.95. The Morgan fingerprint density at radius 3 is 2.30 bits per heavy atom. The fraction of sp³-hybridized carbons (Fsp3) is 0.273. The second-order valence-electron chi connectivity index (χ2n) is 6.49. The summed E-state index contributed by atoms with van der Waals surface area (Å²) >= 11 is 0. The molecule has 1 amide bonds. The molecule has 0 fully saturated rings. The number of carboxylic acid groups (broad SMARTS) is 2. The SMILES string of the molecule is CCOC(=O)c1ccc(C(NC(=O)c2ccccc2)C(=O)O)c(CCCC(=O)O)c1. The summed E-state index contributed by atoms with van der Waals surface area (Å²) in [5, 5.41) is 21.1. The molecule has 0 bridgehead atoms. The third-order valence-electron chi connectivity index (χ3n) is 4.36. The van der Waals surface area contributed by atoms with E-state index >= 15 is 0 Å². The molecular weight excluding hydrogens is 390 g/mol. The number of hydrogen-bond donors (Lipinski definition) is 3. The Balaban J connectivity index is 2.37. The van der Waals surface area contributed by atoms with E-state index in [0.717, 1.165) is 0 Å². The van der Waals surface area contributed by atoms with Crippen LogP contribution >= 0.6 is 0 Å². The Morgan fingerprint density at radius 1 is 1.00 bits per heavy atom. The maximum Gasteiger partial charge on any atom is 0.338 e. The Morgan fingerprint density at radius 2 is 1.70 bits per heavy atom. The summed E-state index contributed by atoms with van der Waals surface area (Å²) in [4.78, 5) is 47.3. The van der Waals surface area contributed by atoms with Crippen LogP contribution < -0.4 is 5.32 Å². The van der Waals surface area contributed by atoms with E-state index < -0.39 is 29.9 Å². The minimum Gasteiger partial charge on any atom is -0.481 e. The van der Waals surface area contributed by atoms with Gasteiger partial charge in [-0.25, -0.2) is 9.59 Å². The number of nitrogens with one attached hydrogen (secondary N) is 1. The molecule has 0 saturated carbocycles. The first-order valence-corrected chi connectivity index (χ1v) is 9.44. The van der Waals surface area contributed by atoms with Crippen LogP contribution in [0.4, 0.5) is 0 Å². The van der Waals surface area contributed by atoms with Crippen LogP contribution in [0.1, 0.15) is 57.7 Å². The molecule has 0 aromatic heterocycles. The average Bonchev–Trinajstić information content (AvgIpc) is 2.72. The normalized spacial score (nSPS) is 11.4. The van der Waals surface area contributed by atoms with Crippen molar-refractivity contribution < 1.29 is 34.1 Å². The van der Waals surface area contributed by atoms with E-state index in [1.54, 1.807) is 37.3 Å². The topological polar surface area (TPSA) is 130 Å². The Labute approximate surface area is 173 Å². The zero-order chi connectivity index (χ0) is 22.1. The van der Waals surface area contributed by atoms with Gasteiger partial charge < -0.3 is 20.3 Å². The van der Waals surface area contributed by atoms with Gasteiger partial charge in [0.1, 0.15) is 0 Å². The lowest BCUT2D eigenvalue weighted by atomic mass is 9.94. The second kappa shape index (κ2) is 10.8. The smallest absolute Gasteiger partial charge is 0.338 e. The van der Waals surface area contributed by atoms with Crippen molar-refractivity contribution in [3.63, 3.8) is 0 Å². The van der Waals surface area contributed by atoms with Crippen LogP contribution in [-0.2, 0) is 20.7 Å². The van der Waals surface area contributed by atoms with Gasteiger partial charge in [-0.15, -0.1) is 0 Å². The van der Waals surface area contributed by atoms with Crippen molar-refractivity contribution >= 4 is 23.8 Å².